The summed E-state index contributed by atoms with van der Waals surface area (Å²) < 4.78 is 1.86. The van der Waals surface area contributed by atoms with Gasteiger partial charge in [0.25, 0.3) is 0 Å². The summed E-state index contributed by atoms with van der Waals surface area (Å²) in [5, 5.41) is 10.9. The van der Waals surface area contributed by atoms with E-state index in [1.165, 1.54) is 11.1 Å². The molecule has 0 amide bonds. The summed E-state index contributed by atoms with van der Waals surface area (Å²) in [6.45, 7) is 8.93. The van der Waals surface area contributed by atoms with Gasteiger partial charge in [-0.1, -0.05) is 38.1 Å². The molecule has 2 rings (SSSR count). The monoisotopic (exact) mass is 469 g/mol. The second kappa shape index (κ2) is 11.9. The van der Waals surface area contributed by atoms with Gasteiger partial charge in [-0.15, -0.1) is 24.0 Å². The van der Waals surface area contributed by atoms with Crippen molar-refractivity contribution in [3.8, 4) is 0 Å². The average molecular weight is 469 g/mol. The van der Waals surface area contributed by atoms with Gasteiger partial charge in [0.05, 0.1) is 12.2 Å². The van der Waals surface area contributed by atoms with Crippen molar-refractivity contribution in [3.63, 3.8) is 0 Å². The second-order valence-corrected chi connectivity index (χ2v) is 6.57. The molecule has 0 radical (unpaired) electrons. The van der Waals surface area contributed by atoms with Crippen molar-refractivity contribution >= 4 is 29.9 Å². The van der Waals surface area contributed by atoms with Crippen molar-refractivity contribution < 1.29 is 0 Å². The van der Waals surface area contributed by atoms with Crippen LogP contribution < -0.4 is 10.6 Å². The molecule has 1 aromatic heterocycles. The highest BCUT2D eigenvalue weighted by molar-refractivity contribution is 14.0. The molecular formula is C20H32IN5. The Labute approximate surface area is 174 Å². The first-order chi connectivity index (χ1) is 12.1. The number of benzene rings is 1. The molecule has 5 nitrogen and oxygen atoms in total. The number of nitrogens with one attached hydrogen (secondary N) is 2. The predicted molar refractivity (Wildman–Crippen MR) is 120 cm³/mol. The van der Waals surface area contributed by atoms with Gasteiger partial charge in [-0.2, -0.15) is 5.10 Å². The van der Waals surface area contributed by atoms with E-state index in [4.69, 9.17) is 0 Å². The van der Waals surface area contributed by atoms with E-state index in [9.17, 15) is 0 Å². The summed E-state index contributed by atoms with van der Waals surface area (Å²) in [5.41, 5.74) is 3.89. The number of aromatic nitrogens is 2. The fraction of sp³-hybridized carbons (Fsp3) is 0.500. The summed E-state index contributed by atoms with van der Waals surface area (Å²) in [4.78, 5) is 4.63. The molecule has 0 spiro atoms. The molecule has 0 aliphatic carbocycles. The zero-order chi connectivity index (χ0) is 18.1. The topological polar surface area (TPSA) is 54.2 Å². The minimum Gasteiger partial charge on any atom is -0.357 e. The molecule has 1 heterocycles. The minimum absolute atomic E-state index is 0. The van der Waals surface area contributed by atoms with Gasteiger partial charge in [0.1, 0.15) is 0 Å². The molecule has 2 N–H and O–H groups in total. The van der Waals surface area contributed by atoms with E-state index in [-0.39, 0.29) is 24.0 Å². The molecule has 0 aliphatic heterocycles. The van der Waals surface area contributed by atoms with Gasteiger partial charge in [0.2, 0.25) is 0 Å². The number of rotatable bonds is 8. The van der Waals surface area contributed by atoms with E-state index < -0.39 is 0 Å². The Hall–Kier alpha value is -1.57. The molecule has 0 fully saturated rings. The first-order valence-corrected chi connectivity index (χ1v) is 9.18. The average Bonchev–Trinajstić information content (AvgIpc) is 3.02. The van der Waals surface area contributed by atoms with Crippen molar-refractivity contribution in [3.05, 3.63) is 53.3 Å². The Morgan fingerprint density at radius 1 is 1.15 bits per heavy atom. The fourth-order valence-corrected chi connectivity index (χ4v) is 2.63. The quantitative estimate of drug-likeness (QED) is 0.267. The van der Waals surface area contributed by atoms with E-state index in [0.717, 1.165) is 37.6 Å². The molecule has 144 valence electrons. The zero-order valence-electron chi connectivity index (χ0n) is 16.3. The standard InChI is InChI=1S/C20H31N5.HI/c1-5-21-20(23-15-19-12-14-24-25(19)4)22-13-6-7-17-8-10-18(11-9-17)16(2)3;/h8-12,14,16H,5-7,13,15H2,1-4H3,(H2,21,22,23);1H. The van der Waals surface area contributed by atoms with E-state index in [2.05, 4.69) is 65.8 Å². The van der Waals surface area contributed by atoms with Crippen LogP contribution in [-0.2, 0) is 20.0 Å². The highest BCUT2D eigenvalue weighted by Crippen LogP contribution is 2.15. The number of hydrogen-bond acceptors (Lipinski definition) is 2. The largest absolute Gasteiger partial charge is 0.357 e. The maximum Gasteiger partial charge on any atom is 0.191 e. The maximum absolute atomic E-state index is 4.63. The van der Waals surface area contributed by atoms with Gasteiger partial charge in [0, 0.05) is 26.3 Å². The Balaban J connectivity index is 0.00000338. The first kappa shape index (κ1) is 22.5. The van der Waals surface area contributed by atoms with Crippen molar-refractivity contribution in [2.45, 2.75) is 46.1 Å². The number of hydrogen-bond donors (Lipinski definition) is 2. The molecule has 1 aromatic carbocycles. The van der Waals surface area contributed by atoms with Gasteiger partial charge in [-0.05, 0) is 42.9 Å². The second-order valence-electron chi connectivity index (χ2n) is 6.57. The maximum atomic E-state index is 4.63. The van der Waals surface area contributed by atoms with E-state index in [0.29, 0.717) is 12.5 Å². The lowest BCUT2D eigenvalue weighted by Crippen LogP contribution is -2.37. The van der Waals surface area contributed by atoms with Crippen LogP contribution >= 0.6 is 24.0 Å². The van der Waals surface area contributed by atoms with Crippen LogP contribution in [0.5, 0.6) is 0 Å². The number of aliphatic imine (C=N–C) groups is 1. The zero-order valence-corrected chi connectivity index (χ0v) is 18.7. The molecule has 0 unspecified atom stereocenters. The molecule has 2 aromatic rings. The van der Waals surface area contributed by atoms with Crippen molar-refractivity contribution in [2.75, 3.05) is 13.1 Å². The van der Waals surface area contributed by atoms with Gasteiger partial charge < -0.3 is 10.6 Å². The van der Waals surface area contributed by atoms with Crippen molar-refractivity contribution in [1.82, 2.24) is 20.4 Å². The fourth-order valence-electron chi connectivity index (χ4n) is 2.63. The summed E-state index contributed by atoms with van der Waals surface area (Å²) in [5.74, 6) is 1.45. The Morgan fingerprint density at radius 3 is 2.46 bits per heavy atom. The number of aryl methyl sites for hydroxylation is 2. The lowest BCUT2D eigenvalue weighted by molar-refractivity contribution is 0.703. The molecule has 0 bridgehead atoms. The predicted octanol–water partition coefficient (Wildman–Crippen LogP) is 3.85. The third-order valence-electron chi connectivity index (χ3n) is 4.25. The van der Waals surface area contributed by atoms with Crippen molar-refractivity contribution in [2.24, 2.45) is 12.0 Å². The lowest BCUT2D eigenvalue weighted by Gasteiger charge is -2.11. The summed E-state index contributed by atoms with van der Waals surface area (Å²) in [6.07, 6.45) is 3.96. The Bertz CT molecular complexity index is 661. The highest BCUT2D eigenvalue weighted by Gasteiger charge is 2.01. The molecule has 0 saturated heterocycles. The minimum atomic E-state index is 0. The van der Waals surface area contributed by atoms with E-state index in [1.54, 1.807) is 6.20 Å². The van der Waals surface area contributed by atoms with Crippen molar-refractivity contribution in [1.29, 1.82) is 0 Å². The number of nitrogens with zero attached hydrogens (tertiary/aromatic N) is 3. The molecule has 0 saturated carbocycles. The number of guanidine groups is 1. The van der Waals surface area contributed by atoms with Crippen LogP contribution in [0.1, 0.15) is 49.9 Å². The highest BCUT2D eigenvalue weighted by atomic mass is 127. The van der Waals surface area contributed by atoms with Crippen LogP contribution in [0.2, 0.25) is 0 Å². The summed E-state index contributed by atoms with van der Waals surface area (Å²) in [7, 11) is 1.94. The summed E-state index contributed by atoms with van der Waals surface area (Å²) in [6, 6.07) is 11.0. The SMILES string of the molecule is CCNC(=NCc1ccnn1C)NCCCc1ccc(C(C)C)cc1.I. The van der Waals surface area contributed by atoms with Gasteiger partial charge in [-0.3, -0.25) is 4.68 Å². The van der Waals surface area contributed by atoms with E-state index >= 15 is 0 Å². The molecule has 6 heteroatoms. The molecule has 0 atom stereocenters. The first-order valence-electron chi connectivity index (χ1n) is 9.18. The van der Waals surface area contributed by atoms with Crippen LogP contribution in [-0.4, -0.2) is 28.8 Å². The normalized spacial score (nSPS) is 11.3. The van der Waals surface area contributed by atoms with Crippen LogP contribution in [0, 0.1) is 0 Å². The van der Waals surface area contributed by atoms with E-state index in [1.807, 2.05) is 17.8 Å². The third kappa shape index (κ3) is 7.35. The van der Waals surface area contributed by atoms with Crippen LogP contribution in [0.15, 0.2) is 41.5 Å². The molecular weight excluding hydrogens is 437 g/mol. The lowest BCUT2D eigenvalue weighted by atomic mass is 10.0. The van der Waals surface area contributed by atoms with Crippen LogP contribution in [0.25, 0.3) is 0 Å². The summed E-state index contributed by atoms with van der Waals surface area (Å²) >= 11 is 0. The van der Waals surface area contributed by atoms with Gasteiger partial charge in [0.15, 0.2) is 5.96 Å². The smallest absolute Gasteiger partial charge is 0.191 e. The Morgan fingerprint density at radius 2 is 1.88 bits per heavy atom. The van der Waals surface area contributed by atoms with Gasteiger partial charge in [-0.25, -0.2) is 4.99 Å². The molecule has 0 aliphatic rings. The van der Waals surface area contributed by atoms with Crippen LogP contribution in [0.4, 0.5) is 0 Å². The van der Waals surface area contributed by atoms with Gasteiger partial charge >= 0.3 is 0 Å². The third-order valence-corrected chi connectivity index (χ3v) is 4.25. The van der Waals surface area contributed by atoms with Crippen LogP contribution in [0.3, 0.4) is 0 Å². The number of halogens is 1. The Kier molecular flexibility index (Phi) is 10.3. The molecule has 26 heavy (non-hydrogen) atoms.